The van der Waals surface area contributed by atoms with Crippen LogP contribution in [0.4, 0.5) is 0 Å². The van der Waals surface area contributed by atoms with E-state index in [1.54, 1.807) is 23.9 Å². The smallest absolute Gasteiger partial charge is 0.328 e. The van der Waals surface area contributed by atoms with Gasteiger partial charge in [0.2, 0.25) is 0 Å². The molecule has 0 aliphatic rings. The molecule has 0 amide bonds. The maximum Gasteiger partial charge on any atom is 0.328 e. The van der Waals surface area contributed by atoms with Gasteiger partial charge in [-0.2, -0.15) is 0 Å². The fraction of sp³-hybridized carbons (Fsp3) is 0.100. The second-order valence-electron chi connectivity index (χ2n) is 3.22. The van der Waals surface area contributed by atoms with Crippen LogP contribution < -0.4 is 0 Å². The van der Waals surface area contributed by atoms with Crippen molar-refractivity contribution in [3.05, 3.63) is 28.8 Å². The number of carbonyl (C=O) groups is 1. The van der Waals surface area contributed by atoms with E-state index in [2.05, 4.69) is 10.3 Å². The molecule has 0 aliphatic heterocycles. The molecule has 0 spiro atoms. The van der Waals surface area contributed by atoms with Gasteiger partial charge in [-0.25, -0.2) is 9.48 Å². The van der Waals surface area contributed by atoms with Crippen LogP contribution in [-0.2, 0) is 11.8 Å². The summed E-state index contributed by atoms with van der Waals surface area (Å²) in [6.07, 6.45) is 2.46. The van der Waals surface area contributed by atoms with Crippen molar-refractivity contribution in [1.82, 2.24) is 15.0 Å². The monoisotopic (exact) mass is 237 g/mol. The van der Waals surface area contributed by atoms with Crippen molar-refractivity contribution in [2.24, 2.45) is 7.05 Å². The van der Waals surface area contributed by atoms with Crippen molar-refractivity contribution < 1.29 is 9.90 Å². The van der Waals surface area contributed by atoms with Crippen LogP contribution in [0, 0.1) is 0 Å². The lowest BCUT2D eigenvalue weighted by Gasteiger charge is -1.98. The van der Waals surface area contributed by atoms with Crippen molar-refractivity contribution in [3.8, 4) is 0 Å². The third-order valence-corrected chi connectivity index (χ3v) is 2.55. The average molecular weight is 238 g/mol. The van der Waals surface area contributed by atoms with Crippen LogP contribution in [0.5, 0.6) is 0 Å². The van der Waals surface area contributed by atoms with Gasteiger partial charge in [0, 0.05) is 13.1 Å². The second kappa shape index (κ2) is 3.94. The van der Waals surface area contributed by atoms with Gasteiger partial charge in [-0.15, -0.1) is 5.10 Å². The molecule has 1 heterocycles. The van der Waals surface area contributed by atoms with Gasteiger partial charge in [0.25, 0.3) is 0 Å². The zero-order valence-electron chi connectivity index (χ0n) is 8.38. The van der Waals surface area contributed by atoms with Crippen LogP contribution in [0.2, 0.25) is 5.02 Å². The van der Waals surface area contributed by atoms with E-state index in [1.165, 1.54) is 6.08 Å². The van der Waals surface area contributed by atoms with E-state index in [4.69, 9.17) is 16.7 Å². The summed E-state index contributed by atoms with van der Waals surface area (Å²) < 4.78 is 1.60. The van der Waals surface area contributed by atoms with Crippen LogP contribution in [0.1, 0.15) is 5.56 Å². The first-order chi connectivity index (χ1) is 7.59. The first-order valence-electron chi connectivity index (χ1n) is 4.48. The van der Waals surface area contributed by atoms with E-state index in [9.17, 15) is 4.79 Å². The summed E-state index contributed by atoms with van der Waals surface area (Å²) >= 11 is 6.08. The van der Waals surface area contributed by atoms with Crippen LogP contribution in [-0.4, -0.2) is 26.1 Å². The highest BCUT2D eigenvalue weighted by atomic mass is 35.5. The molecular weight excluding hydrogens is 230 g/mol. The van der Waals surface area contributed by atoms with Crippen LogP contribution in [0.15, 0.2) is 18.2 Å². The lowest BCUT2D eigenvalue weighted by molar-refractivity contribution is -0.131. The number of nitrogens with zero attached hydrogens (tertiary/aromatic N) is 3. The number of fused-ring (bicyclic) bond motifs is 1. The highest BCUT2D eigenvalue weighted by molar-refractivity contribution is 6.36. The van der Waals surface area contributed by atoms with Gasteiger partial charge in [0.05, 0.1) is 10.5 Å². The normalized spacial score (nSPS) is 11.4. The van der Waals surface area contributed by atoms with Gasteiger partial charge in [-0.1, -0.05) is 22.9 Å². The third kappa shape index (κ3) is 1.77. The number of aryl methyl sites for hydroxylation is 1. The molecule has 0 aliphatic carbocycles. The molecule has 5 nitrogen and oxygen atoms in total. The molecule has 0 atom stereocenters. The molecule has 1 N–H and O–H groups in total. The fourth-order valence-electron chi connectivity index (χ4n) is 1.38. The Kier molecular flexibility index (Phi) is 2.62. The van der Waals surface area contributed by atoms with Gasteiger partial charge in [-0.3, -0.25) is 0 Å². The topological polar surface area (TPSA) is 68.0 Å². The molecule has 0 unspecified atom stereocenters. The first kappa shape index (κ1) is 10.6. The first-order valence-corrected chi connectivity index (χ1v) is 4.86. The molecule has 0 fully saturated rings. The van der Waals surface area contributed by atoms with Crippen molar-refractivity contribution >= 4 is 34.7 Å². The van der Waals surface area contributed by atoms with Crippen molar-refractivity contribution in [1.29, 1.82) is 0 Å². The van der Waals surface area contributed by atoms with Crippen molar-refractivity contribution in [2.75, 3.05) is 0 Å². The number of aliphatic carboxylic acids is 1. The minimum Gasteiger partial charge on any atom is -0.478 e. The highest BCUT2D eigenvalue weighted by Crippen LogP contribution is 2.25. The lowest BCUT2D eigenvalue weighted by Crippen LogP contribution is -1.89. The van der Waals surface area contributed by atoms with Crippen molar-refractivity contribution in [2.45, 2.75) is 0 Å². The summed E-state index contributed by atoms with van der Waals surface area (Å²) in [6, 6.07) is 3.52. The Balaban J connectivity index is 2.57. The molecule has 0 saturated heterocycles. The summed E-state index contributed by atoms with van der Waals surface area (Å²) in [4.78, 5) is 10.4. The second-order valence-corrected chi connectivity index (χ2v) is 3.60. The molecule has 1 aromatic carbocycles. The zero-order chi connectivity index (χ0) is 11.7. The van der Waals surface area contributed by atoms with Crippen LogP contribution in [0.25, 0.3) is 17.1 Å². The summed E-state index contributed by atoms with van der Waals surface area (Å²) in [5.74, 6) is -1.02. The number of carboxylic acid groups (broad SMARTS) is 1. The van der Waals surface area contributed by atoms with Crippen LogP contribution in [0.3, 0.4) is 0 Å². The zero-order valence-corrected chi connectivity index (χ0v) is 9.14. The van der Waals surface area contributed by atoms with Gasteiger partial charge in [0.15, 0.2) is 0 Å². The number of carboxylic acids is 1. The largest absolute Gasteiger partial charge is 0.478 e. The molecule has 0 bridgehead atoms. The Morgan fingerprint density at radius 1 is 1.56 bits per heavy atom. The molecular formula is C10H8ClN3O2. The van der Waals surface area contributed by atoms with E-state index in [-0.39, 0.29) is 0 Å². The van der Waals surface area contributed by atoms with Crippen LogP contribution >= 0.6 is 11.6 Å². The SMILES string of the molecule is Cn1nnc2c(Cl)c(/C=C/C(=O)O)ccc21. The number of rotatable bonds is 2. The van der Waals surface area contributed by atoms with E-state index in [1.807, 2.05) is 0 Å². The minimum absolute atomic E-state index is 0.406. The molecule has 1 aromatic heterocycles. The quantitative estimate of drug-likeness (QED) is 0.808. The van der Waals surface area contributed by atoms with Gasteiger partial charge in [0.1, 0.15) is 5.52 Å². The predicted molar refractivity (Wildman–Crippen MR) is 60.2 cm³/mol. The maximum absolute atomic E-state index is 10.4. The van der Waals surface area contributed by atoms with E-state index in [0.717, 1.165) is 11.6 Å². The van der Waals surface area contributed by atoms with E-state index >= 15 is 0 Å². The average Bonchev–Trinajstić information content (AvgIpc) is 2.60. The number of hydrogen-bond donors (Lipinski definition) is 1. The molecule has 82 valence electrons. The summed E-state index contributed by atoms with van der Waals surface area (Å²) in [6.45, 7) is 0. The molecule has 2 rings (SSSR count). The van der Waals surface area contributed by atoms with Crippen molar-refractivity contribution in [3.63, 3.8) is 0 Å². The summed E-state index contributed by atoms with van der Waals surface area (Å²) in [5.41, 5.74) is 1.98. The summed E-state index contributed by atoms with van der Waals surface area (Å²) in [5, 5.41) is 16.7. The Labute approximate surface area is 95.9 Å². The maximum atomic E-state index is 10.4. The number of hydrogen-bond acceptors (Lipinski definition) is 3. The Bertz CT molecular complexity index is 589. The predicted octanol–water partition coefficient (Wildman–Crippen LogP) is 1.72. The van der Waals surface area contributed by atoms with E-state index in [0.29, 0.717) is 16.1 Å². The standard InChI is InChI=1S/C10H8ClN3O2/c1-14-7-4-2-6(3-5-8(15)16)9(11)10(7)12-13-14/h2-5H,1H3,(H,15,16)/b5-3+. The third-order valence-electron chi connectivity index (χ3n) is 2.16. The van der Waals surface area contributed by atoms with Gasteiger partial charge in [-0.05, 0) is 17.7 Å². The Hall–Kier alpha value is -1.88. The highest BCUT2D eigenvalue weighted by Gasteiger charge is 2.08. The molecule has 0 radical (unpaired) electrons. The number of benzene rings is 1. The fourth-order valence-corrected chi connectivity index (χ4v) is 1.64. The Morgan fingerprint density at radius 2 is 2.31 bits per heavy atom. The van der Waals surface area contributed by atoms with Gasteiger partial charge < -0.3 is 5.11 Å². The molecule has 2 aromatic rings. The number of halogens is 1. The lowest BCUT2D eigenvalue weighted by atomic mass is 10.2. The molecule has 6 heteroatoms. The number of aromatic nitrogens is 3. The Morgan fingerprint density at radius 3 is 3.00 bits per heavy atom. The summed E-state index contributed by atoms with van der Waals surface area (Å²) in [7, 11) is 1.76. The van der Waals surface area contributed by atoms with E-state index < -0.39 is 5.97 Å². The molecule has 16 heavy (non-hydrogen) atoms. The minimum atomic E-state index is -1.02. The van der Waals surface area contributed by atoms with Gasteiger partial charge >= 0.3 is 5.97 Å². The molecule has 0 saturated carbocycles.